The minimum atomic E-state index is -0.194. The van der Waals surface area contributed by atoms with Gasteiger partial charge >= 0.3 is 5.97 Å². The van der Waals surface area contributed by atoms with Crippen LogP contribution in [0, 0.1) is 17.8 Å². The Labute approximate surface area is 97.5 Å². The van der Waals surface area contributed by atoms with E-state index < -0.39 is 0 Å². The Hall–Kier alpha value is -0.860. The summed E-state index contributed by atoms with van der Waals surface area (Å²) in [7, 11) is 0. The number of carbonyl (C=O) groups excluding carboxylic acids is 2. The van der Waals surface area contributed by atoms with E-state index in [1.807, 2.05) is 0 Å². The van der Waals surface area contributed by atoms with Gasteiger partial charge in [-0.1, -0.05) is 19.8 Å². The van der Waals surface area contributed by atoms with E-state index in [9.17, 15) is 9.59 Å². The predicted octanol–water partition coefficient (Wildman–Crippen LogP) is 2.58. The van der Waals surface area contributed by atoms with Gasteiger partial charge in [0.25, 0.3) is 0 Å². The van der Waals surface area contributed by atoms with Gasteiger partial charge in [-0.15, -0.1) is 0 Å². The molecule has 0 spiro atoms. The van der Waals surface area contributed by atoms with Crippen LogP contribution in [0.5, 0.6) is 0 Å². The van der Waals surface area contributed by atoms with Crippen LogP contribution in [-0.2, 0) is 14.3 Å². The molecule has 0 bridgehead atoms. The average Bonchev–Trinajstić information content (AvgIpc) is 2.94. The fraction of sp³-hybridized carbons (Fsp3) is 0.846. The first-order valence-electron chi connectivity index (χ1n) is 6.20. The number of aldehydes is 1. The van der Waals surface area contributed by atoms with E-state index >= 15 is 0 Å². The number of hydrogen-bond donors (Lipinski definition) is 0. The smallest absolute Gasteiger partial charge is 0.302 e. The van der Waals surface area contributed by atoms with Gasteiger partial charge in [0.2, 0.25) is 0 Å². The highest BCUT2D eigenvalue weighted by Crippen LogP contribution is 2.44. The topological polar surface area (TPSA) is 43.4 Å². The van der Waals surface area contributed by atoms with E-state index in [-0.39, 0.29) is 5.97 Å². The Kier molecular flexibility index (Phi) is 5.50. The number of ether oxygens (including phenoxy) is 1. The van der Waals surface area contributed by atoms with Gasteiger partial charge in [-0.2, -0.15) is 0 Å². The van der Waals surface area contributed by atoms with Gasteiger partial charge in [0.1, 0.15) is 6.29 Å². The van der Waals surface area contributed by atoms with Crippen molar-refractivity contribution in [3.8, 4) is 0 Å². The Morgan fingerprint density at radius 2 is 2.25 bits per heavy atom. The molecule has 16 heavy (non-hydrogen) atoms. The van der Waals surface area contributed by atoms with Gasteiger partial charge in [0.15, 0.2) is 0 Å². The summed E-state index contributed by atoms with van der Waals surface area (Å²) in [6.07, 6.45) is 6.53. The first kappa shape index (κ1) is 13.2. The lowest BCUT2D eigenvalue weighted by atomic mass is 10.0. The summed E-state index contributed by atoms with van der Waals surface area (Å²) in [5, 5.41) is 0. The zero-order chi connectivity index (χ0) is 12.0. The summed E-state index contributed by atoms with van der Waals surface area (Å²) in [6, 6.07) is 0. The molecule has 0 aliphatic heterocycles. The molecule has 3 nitrogen and oxygen atoms in total. The lowest BCUT2D eigenvalue weighted by molar-refractivity contribution is -0.142. The molecule has 0 amide bonds. The SMILES string of the molecule is CC(=O)OC[C@@H](C)CCC[C@@H]1C[C@H]1CC=O. The van der Waals surface area contributed by atoms with Crippen molar-refractivity contribution in [1.82, 2.24) is 0 Å². The molecule has 1 rings (SSSR count). The number of carbonyl (C=O) groups is 2. The first-order valence-corrected chi connectivity index (χ1v) is 6.20. The maximum absolute atomic E-state index is 10.6. The second-order valence-electron chi connectivity index (χ2n) is 5.00. The van der Waals surface area contributed by atoms with Gasteiger partial charge in [0.05, 0.1) is 6.61 Å². The summed E-state index contributed by atoms with van der Waals surface area (Å²) in [6.45, 7) is 4.09. The fourth-order valence-electron chi connectivity index (χ4n) is 2.15. The van der Waals surface area contributed by atoms with Crippen molar-refractivity contribution in [2.75, 3.05) is 6.61 Å². The lowest BCUT2D eigenvalue weighted by Gasteiger charge is -2.10. The zero-order valence-electron chi connectivity index (χ0n) is 10.3. The summed E-state index contributed by atoms with van der Waals surface area (Å²) in [4.78, 5) is 20.9. The Balaban J connectivity index is 1.95. The van der Waals surface area contributed by atoms with Crippen molar-refractivity contribution >= 4 is 12.3 Å². The van der Waals surface area contributed by atoms with E-state index in [4.69, 9.17) is 4.74 Å². The lowest BCUT2D eigenvalue weighted by Crippen LogP contribution is -2.09. The van der Waals surface area contributed by atoms with Crippen molar-refractivity contribution < 1.29 is 14.3 Å². The first-order chi connectivity index (χ1) is 7.63. The monoisotopic (exact) mass is 226 g/mol. The van der Waals surface area contributed by atoms with Crippen LogP contribution >= 0.6 is 0 Å². The van der Waals surface area contributed by atoms with Gasteiger partial charge in [-0.25, -0.2) is 0 Å². The fourth-order valence-corrected chi connectivity index (χ4v) is 2.15. The molecule has 0 saturated heterocycles. The second-order valence-corrected chi connectivity index (χ2v) is 5.00. The summed E-state index contributed by atoms with van der Waals surface area (Å²) in [5.74, 6) is 1.71. The summed E-state index contributed by atoms with van der Waals surface area (Å²) in [5.41, 5.74) is 0. The Morgan fingerprint density at radius 1 is 1.50 bits per heavy atom. The highest BCUT2D eigenvalue weighted by Gasteiger charge is 2.35. The van der Waals surface area contributed by atoms with E-state index in [0.29, 0.717) is 18.4 Å². The normalized spacial score (nSPS) is 24.9. The molecule has 92 valence electrons. The molecule has 0 aromatic heterocycles. The molecule has 0 N–H and O–H groups in total. The van der Waals surface area contributed by atoms with Gasteiger partial charge < -0.3 is 9.53 Å². The maximum atomic E-state index is 10.6. The quantitative estimate of drug-likeness (QED) is 0.472. The van der Waals surface area contributed by atoms with Gasteiger partial charge in [-0.05, 0) is 30.6 Å². The maximum Gasteiger partial charge on any atom is 0.302 e. The minimum absolute atomic E-state index is 0.194. The standard InChI is InChI=1S/C13H22O3/c1-10(9-16-11(2)15)4-3-5-12-8-13(12)6-7-14/h7,10,12-13H,3-6,8-9H2,1-2H3/t10-,12+,13+/m0/s1. The van der Waals surface area contributed by atoms with Crippen LogP contribution in [-0.4, -0.2) is 18.9 Å². The largest absolute Gasteiger partial charge is 0.466 e. The summed E-state index contributed by atoms with van der Waals surface area (Å²) < 4.78 is 4.95. The molecule has 0 radical (unpaired) electrons. The third kappa shape index (κ3) is 5.29. The van der Waals surface area contributed by atoms with Crippen LogP contribution in [0.15, 0.2) is 0 Å². The van der Waals surface area contributed by atoms with Crippen molar-refractivity contribution in [2.24, 2.45) is 17.8 Å². The van der Waals surface area contributed by atoms with Crippen molar-refractivity contribution in [1.29, 1.82) is 0 Å². The zero-order valence-corrected chi connectivity index (χ0v) is 10.3. The van der Waals surface area contributed by atoms with E-state index in [0.717, 1.165) is 25.0 Å². The van der Waals surface area contributed by atoms with Gasteiger partial charge in [0, 0.05) is 13.3 Å². The van der Waals surface area contributed by atoms with Crippen LogP contribution in [0.1, 0.15) is 46.0 Å². The minimum Gasteiger partial charge on any atom is -0.466 e. The second kappa shape index (κ2) is 6.66. The average molecular weight is 226 g/mol. The molecule has 3 heteroatoms. The highest BCUT2D eigenvalue weighted by atomic mass is 16.5. The molecule has 0 heterocycles. The predicted molar refractivity (Wildman–Crippen MR) is 61.9 cm³/mol. The van der Waals surface area contributed by atoms with E-state index in [1.165, 1.54) is 26.2 Å². The number of esters is 1. The molecule has 1 aliphatic carbocycles. The third-order valence-electron chi connectivity index (χ3n) is 3.31. The molecule has 3 atom stereocenters. The molecular formula is C13H22O3. The van der Waals surface area contributed by atoms with E-state index in [2.05, 4.69) is 6.92 Å². The molecule has 1 aliphatic rings. The molecule has 0 unspecified atom stereocenters. The van der Waals surface area contributed by atoms with Crippen LogP contribution < -0.4 is 0 Å². The van der Waals surface area contributed by atoms with Crippen molar-refractivity contribution in [3.63, 3.8) is 0 Å². The Morgan fingerprint density at radius 3 is 2.88 bits per heavy atom. The molecule has 1 saturated carbocycles. The highest BCUT2D eigenvalue weighted by molar-refractivity contribution is 5.65. The summed E-state index contributed by atoms with van der Waals surface area (Å²) >= 11 is 0. The van der Waals surface area contributed by atoms with Crippen LogP contribution in [0.4, 0.5) is 0 Å². The van der Waals surface area contributed by atoms with Crippen LogP contribution in [0.2, 0.25) is 0 Å². The molecule has 1 fully saturated rings. The molecule has 0 aromatic carbocycles. The molecule has 0 aromatic rings. The molecular weight excluding hydrogens is 204 g/mol. The van der Waals surface area contributed by atoms with Gasteiger partial charge in [-0.3, -0.25) is 4.79 Å². The number of hydrogen-bond acceptors (Lipinski definition) is 3. The number of rotatable bonds is 8. The van der Waals surface area contributed by atoms with E-state index in [1.54, 1.807) is 0 Å². The van der Waals surface area contributed by atoms with Crippen molar-refractivity contribution in [2.45, 2.75) is 46.0 Å². The third-order valence-corrected chi connectivity index (χ3v) is 3.31. The van der Waals surface area contributed by atoms with Crippen molar-refractivity contribution in [3.05, 3.63) is 0 Å². The van der Waals surface area contributed by atoms with Crippen LogP contribution in [0.3, 0.4) is 0 Å². The van der Waals surface area contributed by atoms with Crippen LogP contribution in [0.25, 0.3) is 0 Å². The Bertz CT molecular complexity index is 237.